The van der Waals surface area contributed by atoms with E-state index < -0.39 is 5.82 Å². The highest BCUT2D eigenvalue weighted by Gasteiger charge is 2.13. The third-order valence-electron chi connectivity index (χ3n) is 3.01. The molecule has 0 aliphatic rings. The number of nitrogens with one attached hydrogen (secondary N) is 1. The summed E-state index contributed by atoms with van der Waals surface area (Å²) >= 11 is 0. The number of anilines is 1. The van der Waals surface area contributed by atoms with Gasteiger partial charge in [0.1, 0.15) is 5.82 Å². The standard InChI is InChI=1S/C15H19FN4O3/c1-20(10-15-18-13(19-23-15)7-8-22-2)9-14(21)17-12-6-4-3-5-11(12)16/h3-6H,7-10H2,1-2H3,(H,17,21). The van der Waals surface area contributed by atoms with Gasteiger partial charge in [-0.25, -0.2) is 4.39 Å². The SMILES string of the molecule is COCCc1noc(CN(C)CC(=O)Nc2ccccc2F)n1. The van der Waals surface area contributed by atoms with E-state index in [0.29, 0.717) is 31.3 Å². The van der Waals surface area contributed by atoms with Gasteiger partial charge in [-0.3, -0.25) is 9.69 Å². The normalized spacial score (nSPS) is 11.0. The summed E-state index contributed by atoms with van der Waals surface area (Å²) in [6.07, 6.45) is 0.567. The molecule has 0 aliphatic heterocycles. The number of nitrogens with zero attached hydrogens (tertiary/aromatic N) is 3. The van der Waals surface area contributed by atoms with E-state index in [4.69, 9.17) is 9.26 Å². The molecule has 2 rings (SSSR count). The molecule has 2 aromatic rings. The van der Waals surface area contributed by atoms with Gasteiger partial charge in [0.25, 0.3) is 0 Å². The summed E-state index contributed by atoms with van der Waals surface area (Å²) in [5.41, 5.74) is 0.158. The summed E-state index contributed by atoms with van der Waals surface area (Å²) in [5.74, 6) is 0.184. The van der Waals surface area contributed by atoms with Crippen LogP contribution in [0.15, 0.2) is 28.8 Å². The number of carbonyl (C=O) groups is 1. The van der Waals surface area contributed by atoms with Gasteiger partial charge < -0.3 is 14.6 Å². The minimum absolute atomic E-state index is 0.0735. The molecule has 8 heteroatoms. The Labute approximate surface area is 133 Å². The van der Waals surface area contributed by atoms with Crippen LogP contribution in [0.3, 0.4) is 0 Å². The Kier molecular flexibility index (Phi) is 6.19. The van der Waals surface area contributed by atoms with E-state index >= 15 is 0 Å². The molecular formula is C15H19FN4O3. The molecule has 23 heavy (non-hydrogen) atoms. The number of likely N-dealkylation sites (N-methyl/N-ethyl adjacent to an activating group) is 1. The predicted octanol–water partition coefficient (Wildman–Crippen LogP) is 1.47. The summed E-state index contributed by atoms with van der Waals surface area (Å²) in [6, 6.07) is 6.02. The number of para-hydroxylation sites is 1. The third kappa shape index (κ3) is 5.42. The molecule has 0 unspecified atom stereocenters. The topological polar surface area (TPSA) is 80.5 Å². The van der Waals surface area contributed by atoms with Crippen LogP contribution in [0.4, 0.5) is 10.1 Å². The summed E-state index contributed by atoms with van der Waals surface area (Å²) < 4.78 is 23.5. The summed E-state index contributed by atoms with van der Waals surface area (Å²) in [7, 11) is 3.34. The van der Waals surface area contributed by atoms with Crippen molar-refractivity contribution in [2.75, 3.05) is 32.6 Å². The van der Waals surface area contributed by atoms with Crippen molar-refractivity contribution in [3.05, 3.63) is 41.8 Å². The number of amides is 1. The highest BCUT2D eigenvalue weighted by molar-refractivity contribution is 5.92. The molecule has 0 radical (unpaired) electrons. The van der Waals surface area contributed by atoms with Gasteiger partial charge in [-0.2, -0.15) is 4.98 Å². The van der Waals surface area contributed by atoms with Crippen molar-refractivity contribution in [1.29, 1.82) is 0 Å². The molecule has 0 bridgehead atoms. The maximum Gasteiger partial charge on any atom is 0.240 e. The van der Waals surface area contributed by atoms with Crippen molar-refractivity contribution in [1.82, 2.24) is 15.0 Å². The zero-order chi connectivity index (χ0) is 16.7. The molecule has 1 N–H and O–H groups in total. The Morgan fingerprint density at radius 1 is 1.43 bits per heavy atom. The molecule has 0 fully saturated rings. The fourth-order valence-electron chi connectivity index (χ4n) is 1.93. The number of hydrogen-bond acceptors (Lipinski definition) is 6. The average Bonchev–Trinajstić information content (AvgIpc) is 2.94. The first kappa shape index (κ1) is 17.0. The van der Waals surface area contributed by atoms with Crippen LogP contribution in [0, 0.1) is 5.82 Å². The Balaban J connectivity index is 1.82. The minimum atomic E-state index is -0.469. The van der Waals surface area contributed by atoms with Gasteiger partial charge in [-0.1, -0.05) is 17.3 Å². The molecule has 124 valence electrons. The monoisotopic (exact) mass is 322 g/mol. The van der Waals surface area contributed by atoms with Gasteiger partial charge in [0, 0.05) is 13.5 Å². The summed E-state index contributed by atoms with van der Waals surface area (Å²) in [6.45, 7) is 0.911. The first-order valence-corrected chi connectivity index (χ1v) is 7.12. The van der Waals surface area contributed by atoms with Crippen LogP contribution >= 0.6 is 0 Å². The second-order valence-electron chi connectivity index (χ2n) is 5.05. The fourth-order valence-corrected chi connectivity index (χ4v) is 1.93. The maximum absolute atomic E-state index is 13.5. The number of aromatic nitrogens is 2. The number of ether oxygens (including phenoxy) is 1. The zero-order valence-electron chi connectivity index (χ0n) is 13.1. The maximum atomic E-state index is 13.5. The summed E-state index contributed by atoms with van der Waals surface area (Å²) in [4.78, 5) is 17.8. The van der Waals surface area contributed by atoms with E-state index in [1.54, 1.807) is 31.2 Å². The molecule has 0 saturated carbocycles. The largest absolute Gasteiger partial charge is 0.384 e. The zero-order valence-corrected chi connectivity index (χ0v) is 13.1. The van der Waals surface area contributed by atoms with Crippen LogP contribution in [0.5, 0.6) is 0 Å². The van der Waals surface area contributed by atoms with Gasteiger partial charge in [0.05, 0.1) is 25.4 Å². The predicted molar refractivity (Wildman–Crippen MR) is 81.2 cm³/mol. The Hall–Kier alpha value is -2.32. The fraction of sp³-hybridized carbons (Fsp3) is 0.400. The van der Waals surface area contributed by atoms with Crippen molar-refractivity contribution in [2.24, 2.45) is 0 Å². The van der Waals surface area contributed by atoms with E-state index in [2.05, 4.69) is 15.5 Å². The van der Waals surface area contributed by atoms with Gasteiger partial charge >= 0.3 is 0 Å². The number of carbonyl (C=O) groups excluding carboxylic acids is 1. The number of benzene rings is 1. The van der Waals surface area contributed by atoms with Crippen LogP contribution < -0.4 is 5.32 Å². The number of halogens is 1. The van der Waals surface area contributed by atoms with Crippen LogP contribution in [0.1, 0.15) is 11.7 Å². The van der Waals surface area contributed by atoms with Crippen molar-refractivity contribution < 1.29 is 18.4 Å². The van der Waals surface area contributed by atoms with Crippen molar-refractivity contribution >= 4 is 11.6 Å². The molecule has 7 nitrogen and oxygen atoms in total. The second kappa shape index (κ2) is 8.35. The number of methoxy groups -OCH3 is 1. The smallest absolute Gasteiger partial charge is 0.240 e. The van der Waals surface area contributed by atoms with Crippen molar-refractivity contribution in [3.63, 3.8) is 0 Å². The summed E-state index contributed by atoms with van der Waals surface area (Å²) in [5, 5.41) is 6.34. The van der Waals surface area contributed by atoms with Gasteiger partial charge in [0.2, 0.25) is 11.8 Å². The number of hydrogen-bond donors (Lipinski definition) is 1. The van der Waals surface area contributed by atoms with Gasteiger partial charge in [-0.15, -0.1) is 0 Å². The first-order chi connectivity index (χ1) is 11.1. The molecule has 0 atom stereocenters. The van der Waals surface area contributed by atoms with Crippen LogP contribution in [-0.4, -0.2) is 48.3 Å². The highest BCUT2D eigenvalue weighted by Crippen LogP contribution is 2.12. The lowest BCUT2D eigenvalue weighted by Gasteiger charge is -2.14. The van der Waals surface area contributed by atoms with E-state index in [9.17, 15) is 9.18 Å². The molecule has 1 aromatic heterocycles. The first-order valence-electron chi connectivity index (χ1n) is 7.12. The molecule has 0 saturated heterocycles. The average molecular weight is 322 g/mol. The van der Waals surface area contributed by atoms with Crippen LogP contribution in [0.2, 0.25) is 0 Å². The molecule has 0 aliphatic carbocycles. The Bertz CT molecular complexity index is 647. The molecule has 1 heterocycles. The van der Waals surface area contributed by atoms with E-state index in [0.717, 1.165) is 0 Å². The molecule has 1 amide bonds. The van der Waals surface area contributed by atoms with Crippen molar-refractivity contribution in [2.45, 2.75) is 13.0 Å². The third-order valence-corrected chi connectivity index (χ3v) is 3.01. The lowest BCUT2D eigenvalue weighted by atomic mass is 10.3. The Morgan fingerprint density at radius 2 is 2.22 bits per heavy atom. The number of rotatable bonds is 8. The van der Waals surface area contributed by atoms with Gasteiger partial charge in [0.15, 0.2) is 5.82 Å². The van der Waals surface area contributed by atoms with E-state index in [-0.39, 0.29) is 18.1 Å². The van der Waals surface area contributed by atoms with E-state index in [1.807, 2.05) is 0 Å². The molecule has 1 aromatic carbocycles. The molecular weight excluding hydrogens is 303 g/mol. The quantitative estimate of drug-likeness (QED) is 0.793. The minimum Gasteiger partial charge on any atom is -0.384 e. The van der Waals surface area contributed by atoms with E-state index in [1.165, 1.54) is 12.1 Å². The lowest BCUT2D eigenvalue weighted by molar-refractivity contribution is -0.117. The Morgan fingerprint density at radius 3 is 2.96 bits per heavy atom. The van der Waals surface area contributed by atoms with Gasteiger partial charge in [-0.05, 0) is 19.2 Å². The lowest BCUT2D eigenvalue weighted by Crippen LogP contribution is -2.30. The van der Waals surface area contributed by atoms with Crippen LogP contribution in [-0.2, 0) is 22.5 Å². The second-order valence-corrected chi connectivity index (χ2v) is 5.05. The van der Waals surface area contributed by atoms with Crippen molar-refractivity contribution in [3.8, 4) is 0 Å². The van der Waals surface area contributed by atoms with Crippen LogP contribution in [0.25, 0.3) is 0 Å². The highest BCUT2D eigenvalue weighted by atomic mass is 19.1. The molecule has 0 spiro atoms.